The van der Waals surface area contributed by atoms with Crippen molar-refractivity contribution in [2.45, 2.75) is 46.1 Å². The van der Waals surface area contributed by atoms with E-state index in [9.17, 15) is 4.79 Å². The molecular weight excluding hydrogens is 318 g/mol. The number of hydrogen-bond donors (Lipinski definition) is 2. The van der Waals surface area contributed by atoms with Crippen LogP contribution in [-0.4, -0.2) is 43.8 Å². The Morgan fingerprint density at radius 2 is 2.24 bits per heavy atom. The Morgan fingerprint density at radius 1 is 1.40 bits per heavy atom. The molecule has 3 heterocycles. The van der Waals surface area contributed by atoms with Crippen molar-refractivity contribution in [3.8, 4) is 0 Å². The maximum atomic E-state index is 12.6. The van der Waals surface area contributed by atoms with E-state index < -0.39 is 0 Å². The highest BCUT2D eigenvalue weighted by atomic mass is 16.2. The first-order valence-corrected chi connectivity index (χ1v) is 9.09. The molecule has 2 aromatic heterocycles. The van der Waals surface area contributed by atoms with Crippen LogP contribution < -0.4 is 10.6 Å². The van der Waals surface area contributed by atoms with Crippen LogP contribution in [0.4, 0.5) is 5.82 Å². The summed E-state index contributed by atoms with van der Waals surface area (Å²) in [5.74, 6) is 1.05. The largest absolute Gasteiger partial charge is 0.316 e. The molecule has 1 amide bonds. The molecule has 0 bridgehead atoms. The molecule has 0 saturated carbocycles. The van der Waals surface area contributed by atoms with Crippen molar-refractivity contribution in [1.29, 1.82) is 0 Å². The number of nitrogens with one attached hydrogen (secondary N) is 2. The Morgan fingerprint density at radius 3 is 2.92 bits per heavy atom. The minimum Gasteiger partial charge on any atom is -0.316 e. The van der Waals surface area contributed by atoms with Crippen LogP contribution in [0, 0.1) is 5.92 Å². The Kier molecular flexibility index (Phi) is 5.47. The lowest BCUT2D eigenvalue weighted by atomic mass is 10.00. The van der Waals surface area contributed by atoms with Crippen molar-refractivity contribution in [3.63, 3.8) is 0 Å². The van der Waals surface area contributed by atoms with Gasteiger partial charge in [0, 0.05) is 19.2 Å². The molecule has 3 rings (SSSR count). The van der Waals surface area contributed by atoms with Crippen LogP contribution in [0.1, 0.15) is 48.4 Å². The zero-order valence-electron chi connectivity index (χ0n) is 15.2. The third kappa shape index (κ3) is 3.89. The zero-order chi connectivity index (χ0) is 17.8. The van der Waals surface area contributed by atoms with E-state index in [2.05, 4.69) is 39.9 Å². The molecule has 25 heavy (non-hydrogen) atoms. The third-order valence-electron chi connectivity index (χ3n) is 4.76. The van der Waals surface area contributed by atoms with Crippen molar-refractivity contribution in [2.75, 3.05) is 18.4 Å². The van der Waals surface area contributed by atoms with Gasteiger partial charge in [-0.3, -0.25) is 14.2 Å². The number of anilines is 1. The number of piperidine rings is 1. The summed E-state index contributed by atoms with van der Waals surface area (Å²) in [5.41, 5.74) is 2.44. The van der Waals surface area contributed by atoms with Gasteiger partial charge in [0.2, 0.25) is 0 Å². The predicted octanol–water partition coefficient (Wildman–Crippen LogP) is 1.39. The number of rotatable bonds is 6. The number of aromatic nitrogens is 5. The fourth-order valence-corrected chi connectivity index (χ4v) is 3.44. The second-order valence-electron chi connectivity index (χ2n) is 6.60. The molecule has 1 unspecified atom stereocenters. The van der Waals surface area contributed by atoms with E-state index in [-0.39, 0.29) is 5.91 Å². The molecule has 0 aliphatic carbocycles. The normalized spacial score (nSPS) is 17.6. The average molecular weight is 345 g/mol. The molecule has 1 aliphatic heterocycles. The summed E-state index contributed by atoms with van der Waals surface area (Å²) < 4.78 is 3.50. The van der Waals surface area contributed by atoms with Crippen molar-refractivity contribution in [2.24, 2.45) is 13.0 Å². The van der Waals surface area contributed by atoms with Gasteiger partial charge in [-0.25, -0.2) is 0 Å². The molecular formula is C17H27N7O. The van der Waals surface area contributed by atoms with Gasteiger partial charge in [-0.1, -0.05) is 19.1 Å². The molecule has 0 spiro atoms. The maximum absolute atomic E-state index is 12.6. The smallest absolute Gasteiger partial charge is 0.278 e. The quantitative estimate of drug-likeness (QED) is 0.826. The predicted molar refractivity (Wildman–Crippen MR) is 95.5 cm³/mol. The fraction of sp³-hybridized carbons (Fsp3) is 0.647. The molecule has 0 aromatic carbocycles. The van der Waals surface area contributed by atoms with Crippen molar-refractivity contribution in [3.05, 3.63) is 23.1 Å². The van der Waals surface area contributed by atoms with Gasteiger partial charge in [0.15, 0.2) is 5.69 Å². The molecule has 1 saturated heterocycles. The van der Waals surface area contributed by atoms with Gasteiger partial charge >= 0.3 is 0 Å². The monoisotopic (exact) mass is 345 g/mol. The molecule has 2 aromatic rings. The van der Waals surface area contributed by atoms with E-state index in [1.54, 1.807) is 15.6 Å². The van der Waals surface area contributed by atoms with E-state index in [0.717, 1.165) is 49.6 Å². The summed E-state index contributed by atoms with van der Waals surface area (Å²) in [6.45, 7) is 7.01. The van der Waals surface area contributed by atoms with Crippen LogP contribution in [0.2, 0.25) is 0 Å². The molecule has 8 nitrogen and oxygen atoms in total. The van der Waals surface area contributed by atoms with Gasteiger partial charge < -0.3 is 10.6 Å². The molecule has 1 aliphatic rings. The van der Waals surface area contributed by atoms with Crippen LogP contribution in [0.15, 0.2) is 6.20 Å². The number of aryl methyl sites for hydroxylation is 2. The third-order valence-corrected chi connectivity index (χ3v) is 4.76. The number of amides is 1. The summed E-state index contributed by atoms with van der Waals surface area (Å²) in [6, 6.07) is 0. The Balaban J connectivity index is 1.69. The van der Waals surface area contributed by atoms with Crippen LogP contribution in [0.5, 0.6) is 0 Å². The fourth-order valence-electron chi connectivity index (χ4n) is 3.44. The highest BCUT2D eigenvalue weighted by Gasteiger charge is 2.19. The Labute approximate surface area is 148 Å². The second-order valence-corrected chi connectivity index (χ2v) is 6.60. The summed E-state index contributed by atoms with van der Waals surface area (Å²) in [5, 5.41) is 19.0. The van der Waals surface area contributed by atoms with Crippen molar-refractivity contribution >= 4 is 11.7 Å². The maximum Gasteiger partial charge on any atom is 0.278 e. The van der Waals surface area contributed by atoms with Crippen LogP contribution in [0.25, 0.3) is 0 Å². The standard InChI is InChI=1S/C17H27N7O/c1-4-13-14(5-2)21-23(3)16(13)19-17(25)15-11-24(22-20-15)10-12-7-6-8-18-9-12/h11-12,18H,4-10H2,1-3H3,(H,19,25). The summed E-state index contributed by atoms with van der Waals surface area (Å²) >= 11 is 0. The summed E-state index contributed by atoms with van der Waals surface area (Å²) in [4.78, 5) is 12.6. The first-order chi connectivity index (χ1) is 12.1. The van der Waals surface area contributed by atoms with E-state index in [1.807, 2.05) is 7.05 Å². The topological polar surface area (TPSA) is 89.7 Å². The van der Waals surface area contributed by atoms with E-state index >= 15 is 0 Å². The zero-order valence-corrected chi connectivity index (χ0v) is 15.2. The average Bonchev–Trinajstić information content (AvgIpc) is 3.20. The van der Waals surface area contributed by atoms with Gasteiger partial charge in [0.25, 0.3) is 5.91 Å². The molecule has 0 radical (unpaired) electrons. The minimum atomic E-state index is -0.242. The van der Waals surface area contributed by atoms with Crippen LogP contribution in [0.3, 0.4) is 0 Å². The number of hydrogen-bond acceptors (Lipinski definition) is 5. The van der Waals surface area contributed by atoms with Gasteiger partial charge in [0.05, 0.1) is 11.9 Å². The number of carbonyl (C=O) groups is 1. The second kappa shape index (κ2) is 7.77. The van der Waals surface area contributed by atoms with E-state index in [4.69, 9.17) is 0 Å². The molecule has 8 heteroatoms. The highest BCUT2D eigenvalue weighted by Crippen LogP contribution is 2.21. The molecule has 1 atom stereocenters. The van der Waals surface area contributed by atoms with Gasteiger partial charge in [-0.2, -0.15) is 5.10 Å². The summed E-state index contributed by atoms with van der Waals surface area (Å²) in [7, 11) is 1.85. The molecule has 2 N–H and O–H groups in total. The summed E-state index contributed by atoms with van der Waals surface area (Å²) in [6.07, 6.45) is 5.77. The Bertz CT molecular complexity index is 727. The van der Waals surface area contributed by atoms with Crippen molar-refractivity contribution < 1.29 is 4.79 Å². The van der Waals surface area contributed by atoms with E-state index in [0.29, 0.717) is 11.6 Å². The van der Waals surface area contributed by atoms with E-state index in [1.165, 1.54) is 12.8 Å². The van der Waals surface area contributed by atoms with Crippen LogP contribution >= 0.6 is 0 Å². The first-order valence-electron chi connectivity index (χ1n) is 9.09. The SMILES string of the molecule is CCc1nn(C)c(NC(=O)c2cn(CC3CCCNC3)nn2)c1CC. The van der Waals surface area contributed by atoms with Gasteiger partial charge in [-0.15, -0.1) is 5.10 Å². The van der Waals surface area contributed by atoms with Gasteiger partial charge in [0.1, 0.15) is 5.82 Å². The van der Waals surface area contributed by atoms with Gasteiger partial charge in [-0.05, 0) is 44.7 Å². The lowest BCUT2D eigenvalue weighted by Crippen LogP contribution is -2.32. The highest BCUT2D eigenvalue weighted by molar-refractivity contribution is 6.02. The lowest BCUT2D eigenvalue weighted by Gasteiger charge is -2.22. The minimum absolute atomic E-state index is 0.242. The molecule has 1 fully saturated rings. The first kappa shape index (κ1) is 17.6. The lowest BCUT2D eigenvalue weighted by molar-refractivity contribution is 0.102. The number of carbonyl (C=O) groups excluding carboxylic acids is 1. The van der Waals surface area contributed by atoms with Crippen molar-refractivity contribution in [1.82, 2.24) is 30.1 Å². The Hall–Kier alpha value is -2.22. The van der Waals surface area contributed by atoms with Crippen LogP contribution in [-0.2, 0) is 26.4 Å². The molecule has 136 valence electrons. The number of nitrogens with zero attached hydrogens (tertiary/aromatic N) is 5.